The van der Waals surface area contributed by atoms with Gasteiger partial charge in [-0.05, 0) is 53.4 Å². The smallest absolute Gasteiger partial charge is 0.257 e. The van der Waals surface area contributed by atoms with Gasteiger partial charge in [-0.15, -0.1) is 0 Å². The molecule has 43 heavy (non-hydrogen) atoms. The van der Waals surface area contributed by atoms with E-state index in [-0.39, 0.29) is 35.1 Å². The van der Waals surface area contributed by atoms with E-state index in [2.05, 4.69) is 29.6 Å². The lowest BCUT2D eigenvalue weighted by molar-refractivity contribution is -0.139. The highest BCUT2D eigenvalue weighted by Gasteiger charge is 2.17. The van der Waals surface area contributed by atoms with Gasteiger partial charge < -0.3 is 31.0 Å². The van der Waals surface area contributed by atoms with Gasteiger partial charge in [-0.2, -0.15) is 0 Å². The van der Waals surface area contributed by atoms with Crippen LogP contribution in [0.5, 0.6) is 5.75 Å². The summed E-state index contributed by atoms with van der Waals surface area (Å²) in [6.07, 6.45) is -0.684. The number of nitrogens with two attached hydrogens (primary N) is 1. The van der Waals surface area contributed by atoms with Crippen molar-refractivity contribution < 1.29 is 29.1 Å². The van der Waals surface area contributed by atoms with E-state index in [1.54, 1.807) is 30.3 Å². The van der Waals surface area contributed by atoms with Crippen LogP contribution < -0.4 is 21.1 Å². The molecule has 5 N–H and O–H groups in total. The van der Waals surface area contributed by atoms with E-state index in [4.69, 9.17) is 20.4 Å². The Morgan fingerprint density at radius 1 is 0.837 bits per heavy atom. The van der Waals surface area contributed by atoms with Crippen molar-refractivity contribution in [3.8, 4) is 5.75 Å². The van der Waals surface area contributed by atoms with Crippen LogP contribution in [0.25, 0.3) is 0 Å². The molecule has 10 heteroatoms. The number of rotatable bonds is 12. The van der Waals surface area contributed by atoms with E-state index in [0.29, 0.717) is 23.3 Å². The molecule has 0 fully saturated rings. The van der Waals surface area contributed by atoms with Crippen molar-refractivity contribution in [2.24, 2.45) is 10.9 Å². The topological polar surface area (TPSA) is 152 Å². The monoisotopic (exact) mass is 580 g/mol. The van der Waals surface area contributed by atoms with Crippen molar-refractivity contribution in [1.29, 1.82) is 0 Å². The number of nitrogens with zero attached hydrogens (tertiary/aromatic N) is 1. The highest BCUT2D eigenvalue weighted by atomic mass is 16.7. The van der Waals surface area contributed by atoms with Crippen molar-refractivity contribution in [1.82, 2.24) is 0 Å². The van der Waals surface area contributed by atoms with Crippen LogP contribution in [0.15, 0.2) is 102 Å². The minimum absolute atomic E-state index is 0.146. The maximum absolute atomic E-state index is 13.2. The molecule has 0 aliphatic carbocycles. The molecule has 0 aromatic heterocycles. The SMILES string of the molecule is CC(C)c1ccc(C(=O)Nc2cc(OC(C=O)OCc3ccccc3)ccc2NC(=O)c2cccc(C(N)=NO)c2)cc1. The maximum Gasteiger partial charge on any atom is 0.257 e. The lowest BCUT2D eigenvalue weighted by atomic mass is 10.0. The first-order valence-corrected chi connectivity index (χ1v) is 13.5. The van der Waals surface area contributed by atoms with E-state index >= 15 is 0 Å². The number of hydrogen-bond donors (Lipinski definition) is 4. The second-order valence-corrected chi connectivity index (χ2v) is 9.88. The van der Waals surface area contributed by atoms with Crippen LogP contribution in [0.1, 0.15) is 57.2 Å². The number of benzene rings is 4. The number of nitrogens with one attached hydrogen (secondary N) is 2. The third kappa shape index (κ3) is 8.27. The zero-order valence-electron chi connectivity index (χ0n) is 23.7. The number of aldehydes is 1. The van der Waals surface area contributed by atoms with E-state index in [1.807, 2.05) is 42.5 Å². The fourth-order valence-corrected chi connectivity index (χ4v) is 4.08. The summed E-state index contributed by atoms with van der Waals surface area (Å²) >= 11 is 0. The number of oxime groups is 1. The Morgan fingerprint density at radius 3 is 2.19 bits per heavy atom. The fraction of sp³-hybridized carbons (Fsp3) is 0.152. The largest absolute Gasteiger partial charge is 0.458 e. The summed E-state index contributed by atoms with van der Waals surface area (Å²) < 4.78 is 11.4. The molecular formula is C33H32N4O6. The third-order valence-electron chi connectivity index (χ3n) is 6.48. The second-order valence-electron chi connectivity index (χ2n) is 9.88. The average molecular weight is 581 g/mol. The summed E-state index contributed by atoms with van der Waals surface area (Å²) in [5.41, 5.74) is 9.12. The minimum Gasteiger partial charge on any atom is -0.458 e. The molecule has 0 saturated carbocycles. The first-order valence-electron chi connectivity index (χ1n) is 13.5. The molecule has 0 aliphatic rings. The second kappa shape index (κ2) is 14.4. The summed E-state index contributed by atoms with van der Waals surface area (Å²) in [4.78, 5) is 38.1. The molecule has 0 aliphatic heterocycles. The molecule has 0 radical (unpaired) electrons. The summed E-state index contributed by atoms with van der Waals surface area (Å²) in [6.45, 7) is 4.28. The van der Waals surface area contributed by atoms with Gasteiger partial charge in [0.25, 0.3) is 18.1 Å². The fourth-order valence-electron chi connectivity index (χ4n) is 4.08. The van der Waals surface area contributed by atoms with Crippen LogP contribution in [0.4, 0.5) is 11.4 Å². The minimum atomic E-state index is -1.21. The molecule has 4 aromatic rings. The van der Waals surface area contributed by atoms with Gasteiger partial charge in [0.15, 0.2) is 12.1 Å². The van der Waals surface area contributed by atoms with E-state index in [0.717, 1.165) is 11.1 Å². The predicted octanol–water partition coefficient (Wildman–Crippen LogP) is 5.53. The summed E-state index contributed by atoms with van der Waals surface area (Å²) in [5, 5.41) is 17.6. The number of amidine groups is 1. The lowest BCUT2D eigenvalue weighted by Gasteiger charge is -2.18. The Kier molecular flexibility index (Phi) is 10.2. The number of ether oxygens (including phenoxy) is 2. The van der Waals surface area contributed by atoms with Crippen LogP contribution in [0.3, 0.4) is 0 Å². The van der Waals surface area contributed by atoms with Crippen LogP contribution in [0.2, 0.25) is 0 Å². The summed E-state index contributed by atoms with van der Waals surface area (Å²) in [5.74, 6) is -0.534. The molecule has 220 valence electrons. The Balaban J connectivity index is 1.58. The van der Waals surface area contributed by atoms with Gasteiger partial charge in [-0.25, -0.2) is 0 Å². The van der Waals surface area contributed by atoms with Gasteiger partial charge in [0.1, 0.15) is 5.75 Å². The Hall–Kier alpha value is -5.48. The normalized spacial score (nSPS) is 11.9. The first kappa shape index (κ1) is 30.5. The molecule has 0 saturated heterocycles. The Bertz CT molecular complexity index is 1600. The lowest BCUT2D eigenvalue weighted by Crippen LogP contribution is -2.22. The molecule has 1 atom stereocenters. The van der Waals surface area contributed by atoms with E-state index in [9.17, 15) is 14.4 Å². The van der Waals surface area contributed by atoms with Crippen molar-refractivity contribution in [3.05, 3.63) is 125 Å². The molecule has 0 bridgehead atoms. The van der Waals surface area contributed by atoms with Crippen LogP contribution >= 0.6 is 0 Å². The highest BCUT2D eigenvalue weighted by Crippen LogP contribution is 2.29. The highest BCUT2D eigenvalue weighted by molar-refractivity contribution is 6.11. The van der Waals surface area contributed by atoms with E-state index < -0.39 is 18.1 Å². The van der Waals surface area contributed by atoms with E-state index in [1.165, 1.54) is 24.3 Å². The van der Waals surface area contributed by atoms with Crippen LogP contribution in [-0.2, 0) is 16.1 Å². The summed E-state index contributed by atoms with van der Waals surface area (Å²) in [6, 6.07) is 27.3. The van der Waals surface area contributed by atoms with Gasteiger partial charge in [-0.1, -0.05) is 73.6 Å². The standard InChI is InChI=1S/C33H32N4O6/c1-21(2)23-11-13-24(14-12-23)32(39)36-29-18-27(43-30(19-38)42-20-22-7-4-3-5-8-22)15-16-28(29)35-33(40)26-10-6-9-25(17-26)31(34)37-41/h3-19,21,30,41H,20H2,1-2H3,(H2,34,37)(H,35,40)(H,36,39). The molecule has 1 unspecified atom stereocenters. The van der Waals surface area contributed by atoms with Crippen molar-refractivity contribution in [3.63, 3.8) is 0 Å². The molecule has 4 aromatic carbocycles. The Labute approximate surface area is 249 Å². The number of amides is 2. The summed E-state index contributed by atoms with van der Waals surface area (Å²) in [7, 11) is 0. The van der Waals surface area contributed by atoms with Crippen molar-refractivity contribution in [2.75, 3.05) is 10.6 Å². The van der Waals surface area contributed by atoms with Crippen molar-refractivity contribution >= 4 is 35.3 Å². The number of hydrogen-bond acceptors (Lipinski definition) is 7. The Morgan fingerprint density at radius 2 is 1.51 bits per heavy atom. The molecular weight excluding hydrogens is 548 g/mol. The quantitative estimate of drug-likeness (QED) is 0.0429. The molecule has 0 heterocycles. The molecule has 10 nitrogen and oxygen atoms in total. The van der Waals surface area contributed by atoms with Gasteiger partial charge in [0, 0.05) is 22.8 Å². The van der Waals surface area contributed by atoms with Crippen LogP contribution in [-0.4, -0.2) is 35.4 Å². The molecule has 4 rings (SSSR count). The zero-order valence-corrected chi connectivity index (χ0v) is 23.7. The number of carbonyl (C=O) groups excluding carboxylic acids is 3. The van der Waals surface area contributed by atoms with Crippen LogP contribution in [0, 0.1) is 0 Å². The van der Waals surface area contributed by atoms with Gasteiger partial charge in [-0.3, -0.25) is 14.4 Å². The van der Waals surface area contributed by atoms with Gasteiger partial charge in [0.05, 0.1) is 18.0 Å². The molecule has 2 amide bonds. The van der Waals surface area contributed by atoms with Crippen molar-refractivity contribution in [2.45, 2.75) is 32.7 Å². The zero-order chi connectivity index (χ0) is 30.8. The molecule has 0 spiro atoms. The third-order valence-corrected chi connectivity index (χ3v) is 6.48. The number of anilines is 2. The van der Waals surface area contributed by atoms with Gasteiger partial charge >= 0.3 is 0 Å². The average Bonchev–Trinajstić information content (AvgIpc) is 3.04. The van der Waals surface area contributed by atoms with Gasteiger partial charge in [0.2, 0.25) is 0 Å². The number of carbonyl (C=O) groups is 3. The maximum atomic E-state index is 13.2. The predicted molar refractivity (Wildman–Crippen MR) is 164 cm³/mol. The first-order chi connectivity index (χ1) is 20.8.